The molecule has 1 heterocycles. The molecule has 11 heteroatoms. The van der Waals surface area contributed by atoms with Gasteiger partial charge in [0.2, 0.25) is 5.75 Å². The predicted octanol–water partition coefficient (Wildman–Crippen LogP) is 1.42. The second-order valence-electron chi connectivity index (χ2n) is 4.51. The molecule has 0 unspecified atom stereocenters. The minimum Gasteiger partial charge on any atom is -0.500 e. The highest BCUT2D eigenvalue weighted by Gasteiger charge is 2.19. The van der Waals surface area contributed by atoms with Gasteiger partial charge in [-0.2, -0.15) is 5.10 Å². The normalized spacial score (nSPS) is 10.8. The molecular formula is C13H13N5O5S. The van der Waals surface area contributed by atoms with E-state index < -0.39 is 22.3 Å². The molecular weight excluding hydrogens is 338 g/mol. The Kier molecular flexibility index (Phi) is 4.94. The molecule has 126 valence electrons. The molecule has 10 nitrogen and oxygen atoms in total. The monoisotopic (exact) mass is 351 g/mol. The number of nitro groups is 1. The third kappa shape index (κ3) is 3.57. The minimum atomic E-state index is -0.753. The van der Waals surface area contributed by atoms with Crippen molar-refractivity contribution >= 4 is 34.3 Å². The summed E-state index contributed by atoms with van der Waals surface area (Å²) in [4.78, 5) is 26.3. The van der Waals surface area contributed by atoms with Crippen LogP contribution >= 0.6 is 11.3 Å². The molecule has 24 heavy (non-hydrogen) atoms. The molecule has 1 amide bonds. The van der Waals surface area contributed by atoms with Gasteiger partial charge in [-0.25, -0.2) is 10.4 Å². The van der Waals surface area contributed by atoms with Gasteiger partial charge < -0.3 is 15.6 Å². The number of aryl methyl sites for hydroxylation is 1. The average molecular weight is 351 g/mol. The first-order valence-electron chi connectivity index (χ1n) is 6.45. The summed E-state index contributed by atoms with van der Waals surface area (Å²) < 4.78 is 4.87. The molecule has 0 atom stereocenters. The number of nitro benzene ring substituents is 1. The van der Waals surface area contributed by atoms with E-state index in [9.17, 15) is 20.0 Å². The SMILES string of the molecule is COc1cc(C=NNC(=O)c2sc(N)nc2C)cc([N+](=O)[O-])c1O. The molecule has 4 N–H and O–H groups in total. The lowest BCUT2D eigenvalue weighted by molar-refractivity contribution is -0.386. The number of aromatic hydroxyl groups is 1. The Morgan fingerprint density at radius 2 is 2.29 bits per heavy atom. The number of benzene rings is 1. The smallest absolute Gasteiger partial charge is 0.315 e. The van der Waals surface area contributed by atoms with Crippen molar-refractivity contribution in [2.24, 2.45) is 5.10 Å². The summed E-state index contributed by atoms with van der Waals surface area (Å²) in [5.41, 5.74) is 8.00. The number of aromatic nitrogens is 1. The predicted molar refractivity (Wildman–Crippen MR) is 87.6 cm³/mol. The van der Waals surface area contributed by atoms with Crippen LogP contribution < -0.4 is 15.9 Å². The van der Waals surface area contributed by atoms with Crippen molar-refractivity contribution < 1.29 is 19.6 Å². The number of ether oxygens (including phenoxy) is 1. The van der Waals surface area contributed by atoms with Gasteiger partial charge in [0.25, 0.3) is 5.91 Å². The molecule has 2 rings (SSSR count). The highest BCUT2D eigenvalue weighted by Crippen LogP contribution is 2.36. The van der Waals surface area contributed by atoms with E-state index in [-0.39, 0.29) is 16.4 Å². The van der Waals surface area contributed by atoms with Crippen LogP contribution in [0.3, 0.4) is 0 Å². The third-order valence-corrected chi connectivity index (χ3v) is 3.88. The maximum atomic E-state index is 11.9. The van der Waals surface area contributed by atoms with Gasteiger partial charge in [0.1, 0.15) is 4.88 Å². The Labute approximate surface area is 139 Å². The van der Waals surface area contributed by atoms with Crippen LogP contribution in [0.1, 0.15) is 20.9 Å². The molecule has 0 spiro atoms. The lowest BCUT2D eigenvalue weighted by Gasteiger charge is -2.05. The zero-order valence-electron chi connectivity index (χ0n) is 12.6. The van der Waals surface area contributed by atoms with E-state index in [1.54, 1.807) is 6.92 Å². The van der Waals surface area contributed by atoms with Crippen molar-refractivity contribution in [3.8, 4) is 11.5 Å². The largest absolute Gasteiger partial charge is 0.500 e. The molecule has 0 fully saturated rings. The van der Waals surface area contributed by atoms with Gasteiger partial charge in [0, 0.05) is 11.6 Å². The summed E-state index contributed by atoms with van der Waals surface area (Å²) in [7, 11) is 1.26. The number of methoxy groups -OCH3 is 1. The van der Waals surface area contributed by atoms with Gasteiger partial charge in [-0.1, -0.05) is 11.3 Å². The maximum Gasteiger partial charge on any atom is 0.315 e. The number of thiazole rings is 1. The molecule has 0 aliphatic rings. The summed E-state index contributed by atoms with van der Waals surface area (Å²) in [5, 5.41) is 24.6. The van der Waals surface area contributed by atoms with E-state index in [1.165, 1.54) is 19.4 Å². The highest BCUT2D eigenvalue weighted by molar-refractivity contribution is 7.17. The van der Waals surface area contributed by atoms with E-state index in [0.717, 1.165) is 17.4 Å². The zero-order chi connectivity index (χ0) is 17.9. The lowest BCUT2D eigenvalue weighted by atomic mass is 10.2. The number of rotatable bonds is 5. The van der Waals surface area contributed by atoms with E-state index in [4.69, 9.17) is 10.5 Å². The first kappa shape index (κ1) is 17.1. The van der Waals surface area contributed by atoms with Crippen molar-refractivity contribution in [3.05, 3.63) is 38.4 Å². The zero-order valence-corrected chi connectivity index (χ0v) is 13.5. The van der Waals surface area contributed by atoms with Crippen LogP contribution in [-0.4, -0.2) is 34.2 Å². The average Bonchev–Trinajstić information content (AvgIpc) is 2.86. The summed E-state index contributed by atoms with van der Waals surface area (Å²) >= 11 is 1.02. The van der Waals surface area contributed by atoms with Crippen molar-refractivity contribution in [2.45, 2.75) is 6.92 Å². The lowest BCUT2D eigenvalue weighted by Crippen LogP contribution is -2.17. The van der Waals surface area contributed by atoms with Gasteiger partial charge in [0.15, 0.2) is 10.9 Å². The number of nitrogens with one attached hydrogen (secondary N) is 1. The molecule has 0 saturated carbocycles. The van der Waals surface area contributed by atoms with Gasteiger partial charge in [-0.15, -0.1) is 0 Å². The first-order valence-corrected chi connectivity index (χ1v) is 7.26. The molecule has 2 aromatic rings. The maximum absolute atomic E-state index is 11.9. The minimum absolute atomic E-state index is 0.0805. The number of carbonyl (C=O) groups is 1. The quantitative estimate of drug-likeness (QED) is 0.418. The molecule has 0 radical (unpaired) electrons. The Morgan fingerprint density at radius 1 is 1.58 bits per heavy atom. The number of phenols is 1. The molecule has 0 aliphatic heterocycles. The summed E-state index contributed by atoms with van der Waals surface area (Å²) in [6, 6.07) is 2.44. The number of nitrogens with two attached hydrogens (primary N) is 1. The molecule has 0 bridgehead atoms. The summed E-state index contributed by atoms with van der Waals surface area (Å²) in [6.45, 7) is 1.64. The number of hydrogen-bond acceptors (Lipinski definition) is 9. The summed E-state index contributed by atoms with van der Waals surface area (Å²) in [6.07, 6.45) is 1.19. The number of hydrogen-bond donors (Lipinski definition) is 3. The van der Waals surface area contributed by atoms with Crippen LogP contribution in [0.5, 0.6) is 11.5 Å². The second kappa shape index (κ2) is 6.91. The van der Waals surface area contributed by atoms with Crippen LogP contribution in [0, 0.1) is 17.0 Å². The van der Waals surface area contributed by atoms with Gasteiger partial charge in [-0.3, -0.25) is 14.9 Å². The number of carbonyl (C=O) groups excluding carboxylic acids is 1. The van der Waals surface area contributed by atoms with Crippen LogP contribution in [0.2, 0.25) is 0 Å². The number of anilines is 1. The highest BCUT2D eigenvalue weighted by atomic mass is 32.1. The number of phenolic OH excluding ortho intramolecular Hbond substituents is 1. The fourth-order valence-corrected chi connectivity index (χ4v) is 2.55. The van der Waals surface area contributed by atoms with Gasteiger partial charge in [0.05, 0.1) is 23.9 Å². The Balaban J connectivity index is 2.20. The number of nitrogens with zero attached hydrogens (tertiary/aromatic N) is 3. The van der Waals surface area contributed by atoms with E-state index in [2.05, 4.69) is 15.5 Å². The molecule has 0 aliphatic carbocycles. The van der Waals surface area contributed by atoms with Crippen LogP contribution in [0.15, 0.2) is 17.2 Å². The van der Waals surface area contributed by atoms with E-state index in [1.807, 2.05) is 0 Å². The fourth-order valence-electron chi connectivity index (χ4n) is 1.83. The Morgan fingerprint density at radius 3 is 2.83 bits per heavy atom. The second-order valence-corrected chi connectivity index (χ2v) is 5.54. The van der Waals surface area contributed by atoms with Gasteiger partial charge in [-0.05, 0) is 13.0 Å². The van der Waals surface area contributed by atoms with E-state index in [0.29, 0.717) is 10.6 Å². The number of amides is 1. The van der Waals surface area contributed by atoms with Crippen molar-refractivity contribution in [2.75, 3.05) is 12.8 Å². The van der Waals surface area contributed by atoms with Crippen LogP contribution in [0.25, 0.3) is 0 Å². The molecule has 0 saturated heterocycles. The van der Waals surface area contributed by atoms with Gasteiger partial charge >= 0.3 is 5.69 Å². The standard InChI is InChI=1S/C13H13N5O5S/c1-6-11(24-13(14)16-6)12(20)17-15-5-7-3-8(18(21)22)10(19)9(4-7)23-2/h3-5,19H,1-2H3,(H2,14,16)(H,17,20). The summed E-state index contributed by atoms with van der Waals surface area (Å²) in [5.74, 6) is -1.17. The molecule has 1 aromatic carbocycles. The fraction of sp³-hybridized carbons (Fsp3) is 0.154. The van der Waals surface area contributed by atoms with Crippen molar-refractivity contribution in [3.63, 3.8) is 0 Å². The van der Waals surface area contributed by atoms with Crippen molar-refractivity contribution in [1.82, 2.24) is 10.4 Å². The number of hydrazone groups is 1. The Hall–Kier alpha value is -3.21. The van der Waals surface area contributed by atoms with Crippen LogP contribution in [-0.2, 0) is 0 Å². The first-order chi connectivity index (χ1) is 11.3. The number of nitrogen functional groups attached to an aromatic ring is 1. The van der Waals surface area contributed by atoms with E-state index >= 15 is 0 Å². The van der Waals surface area contributed by atoms with Crippen LogP contribution in [0.4, 0.5) is 10.8 Å². The topological polar surface area (TPSA) is 153 Å². The van der Waals surface area contributed by atoms with Crippen molar-refractivity contribution in [1.29, 1.82) is 0 Å². The third-order valence-electron chi connectivity index (χ3n) is 2.89. The molecule has 1 aromatic heterocycles. The Bertz CT molecular complexity index is 832.